The molecule has 0 aromatic heterocycles. The zero-order valence-electron chi connectivity index (χ0n) is 17.6. The first-order valence-corrected chi connectivity index (χ1v) is 10.0. The fraction of sp³-hybridized carbons (Fsp3) is 0.391. The molecule has 0 radical (unpaired) electrons. The van der Waals surface area contributed by atoms with Crippen LogP contribution >= 0.6 is 0 Å². The van der Waals surface area contributed by atoms with E-state index in [0.717, 1.165) is 16.8 Å². The van der Waals surface area contributed by atoms with Crippen molar-refractivity contribution in [1.82, 2.24) is 10.2 Å². The number of nitrogens with zero attached hydrogens (tertiary/aromatic N) is 1. The Labute approximate surface area is 176 Å². The SMILES string of the molecule is COCCC1(NC(=O)c2ccc(F)cc2)CCN(C(=O)Nc2ccc(C)cc2C)C1. The number of carbonyl (C=O) groups excluding carboxylic acids is 2. The molecule has 7 heteroatoms. The number of hydrogen-bond donors (Lipinski definition) is 2. The fourth-order valence-electron chi connectivity index (χ4n) is 3.77. The number of anilines is 1. The van der Waals surface area contributed by atoms with Crippen LogP contribution in [0.3, 0.4) is 0 Å². The molecule has 0 bridgehead atoms. The summed E-state index contributed by atoms with van der Waals surface area (Å²) in [6, 6.07) is 11.1. The summed E-state index contributed by atoms with van der Waals surface area (Å²) in [6.07, 6.45) is 1.19. The normalized spacial score (nSPS) is 18.3. The minimum atomic E-state index is -0.596. The second-order valence-electron chi connectivity index (χ2n) is 7.90. The molecule has 1 aliphatic heterocycles. The number of ether oxygens (including phenoxy) is 1. The molecule has 160 valence electrons. The van der Waals surface area contributed by atoms with Crippen LogP contribution in [-0.2, 0) is 4.74 Å². The summed E-state index contributed by atoms with van der Waals surface area (Å²) in [5, 5.41) is 6.03. The number of amides is 3. The summed E-state index contributed by atoms with van der Waals surface area (Å²) in [5.41, 5.74) is 2.69. The molecule has 6 nitrogen and oxygen atoms in total. The third-order valence-electron chi connectivity index (χ3n) is 5.53. The van der Waals surface area contributed by atoms with Crippen molar-refractivity contribution in [2.45, 2.75) is 32.2 Å². The van der Waals surface area contributed by atoms with E-state index in [-0.39, 0.29) is 11.9 Å². The van der Waals surface area contributed by atoms with Crippen molar-refractivity contribution >= 4 is 17.6 Å². The van der Waals surface area contributed by atoms with Crippen LogP contribution in [0.4, 0.5) is 14.9 Å². The van der Waals surface area contributed by atoms with Gasteiger partial charge in [0.25, 0.3) is 5.91 Å². The molecule has 0 aliphatic carbocycles. The van der Waals surface area contributed by atoms with Gasteiger partial charge < -0.3 is 20.3 Å². The molecule has 0 spiro atoms. The van der Waals surface area contributed by atoms with E-state index < -0.39 is 11.4 Å². The Morgan fingerprint density at radius 2 is 1.90 bits per heavy atom. The van der Waals surface area contributed by atoms with Gasteiger partial charge in [-0.25, -0.2) is 9.18 Å². The van der Waals surface area contributed by atoms with Crippen molar-refractivity contribution in [3.05, 3.63) is 65.0 Å². The van der Waals surface area contributed by atoms with Crippen LogP contribution in [0.25, 0.3) is 0 Å². The molecule has 30 heavy (non-hydrogen) atoms. The van der Waals surface area contributed by atoms with Crippen LogP contribution < -0.4 is 10.6 Å². The first kappa shape index (κ1) is 21.8. The molecule has 1 fully saturated rings. The van der Waals surface area contributed by atoms with E-state index in [1.165, 1.54) is 24.3 Å². The minimum Gasteiger partial charge on any atom is -0.385 e. The number of nitrogens with one attached hydrogen (secondary N) is 2. The average Bonchev–Trinajstić information content (AvgIpc) is 3.13. The van der Waals surface area contributed by atoms with Crippen LogP contribution in [0.15, 0.2) is 42.5 Å². The number of hydrogen-bond acceptors (Lipinski definition) is 3. The van der Waals surface area contributed by atoms with Gasteiger partial charge in [0.15, 0.2) is 0 Å². The number of carbonyl (C=O) groups is 2. The summed E-state index contributed by atoms with van der Waals surface area (Å²) >= 11 is 0. The number of rotatable bonds is 6. The Bertz CT molecular complexity index is 916. The highest BCUT2D eigenvalue weighted by molar-refractivity contribution is 5.95. The lowest BCUT2D eigenvalue weighted by Gasteiger charge is -2.30. The van der Waals surface area contributed by atoms with Gasteiger partial charge in [0.05, 0.1) is 5.54 Å². The number of methoxy groups -OCH3 is 1. The van der Waals surface area contributed by atoms with Gasteiger partial charge >= 0.3 is 6.03 Å². The zero-order valence-corrected chi connectivity index (χ0v) is 17.6. The molecule has 2 N–H and O–H groups in total. The molecule has 1 saturated heterocycles. The number of likely N-dealkylation sites (tertiary alicyclic amines) is 1. The standard InChI is InChI=1S/C23H28FN3O3/c1-16-4-9-20(17(2)14-16)25-22(29)27-12-10-23(15-27,11-13-30-3)26-21(28)18-5-7-19(24)8-6-18/h4-9,14H,10-13,15H2,1-3H3,(H,25,29)(H,26,28). The number of benzene rings is 2. The van der Waals surface area contributed by atoms with Crippen molar-refractivity contribution < 1.29 is 18.7 Å². The summed E-state index contributed by atoms with van der Waals surface area (Å²) in [5.74, 6) is -0.682. The molecule has 2 aromatic rings. The molecule has 3 rings (SSSR count). The molecular weight excluding hydrogens is 385 g/mol. The Kier molecular flexibility index (Phi) is 6.72. The Morgan fingerprint density at radius 3 is 2.57 bits per heavy atom. The summed E-state index contributed by atoms with van der Waals surface area (Å²) in [6.45, 7) is 5.31. The van der Waals surface area contributed by atoms with Gasteiger partial charge in [0.2, 0.25) is 0 Å². The van der Waals surface area contributed by atoms with Crippen molar-refractivity contribution in [3.8, 4) is 0 Å². The van der Waals surface area contributed by atoms with Gasteiger partial charge in [0, 0.05) is 38.1 Å². The van der Waals surface area contributed by atoms with E-state index in [0.29, 0.717) is 38.1 Å². The topological polar surface area (TPSA) is 70.7 Å². The Hall–Kier alpha value is -2.93. The first-order valence-electron chi connectivity index (χ1n) is 10.0. The molecule has 1 aliphatic rings. The van der Waals surface area contributed by atoms with E-state index >= 15 is 0 Å². The van der Waals surface area contributed by atoms with Crippen molar-refractivity contribution in [2.24, 2.45) is 0 Å². The second kappa shape index (κ2) is 9.26. The van der Waals surface area contributed by atoms with Crippen LogP contribution in [0.5, 0.6) is 0 Å². The van der Waals surface area contributed by atoms with Gasteiger partial charge in [-0.15, -0.1) is 0 Å². The monoisotopic (exact) mass is 413 g/mol. The Balaban J connectivity index is 1.70. The van der Waals surface area contributed by atoms with Crippen LogP contribution in [-0.4, -0.2) is 49.2 Å². The maximum absolute atomic E-state index is 13.2. The number of halogens is 1. The fourth-order valence-corrected chi connectivity index (χ4v) is 3.77. The quantitative estimate of drug-likeness (QED) is 0.755. The third kappa shape index (κ3) is 5.16. The smallest absolute Gasteiger partial charge is 0.321 e. The molecular formula is C23H28FN3O3. The van der Waals surface area contributed by atoms with E-state index in [1.54, 1.807) is 12.0 Å². The van der Waals surface area contributed by atoms with Crippen molar-refractivity contribution in [3.63, 3.8) is 0 Å². The molecule has 2 aromatic carbocycles. The lowest BCUT2D eigenvalue weighted by atomic mass is 9.94. The number of aryl methyl sites for hydroxylation is 2. The predicted octanol–water partition coefficient (Wildman–Crippen LogP) is 3.89. The van der Waals surface area contributed by atoms with Gasteiger partial charge in [0.1, 0.15) is 5.82 Å². The summed E-state index contributed by atoms with van der Waals surface area (Å²) < 4.78 is 18.4. The molecule has 1 atom stereocenters. The lowest BCUT2D eigenvalue weighted by molar-refractivity contribution is 0.0867. The lowest BCUT2D eigenvalue weighted by Crippen LogP contribution is -2.52. The van der Waals surface area contributed by atoms with Gasteiger partial charge in [-0.05, 0) is 62.6 Å². The average molecular weight is 413 g/mol. The molecule has 1 unspecified atom stereocenters. The van der Waals surface area contributed by atoms with Gasteiger partial charge in [-0.1, -0.05) is 17.7 Å². The predicted molar refractivity (Wildman–Crippen MR) is 114 cm³/mol. The van der Waals surface area contributed by atoms with Crippen molar-refractivity contribution in [1.29, 1.82) is 0 Å². The molecule has 0 saturated carbocycles. The minimum absolute atomic E-state index is 0.197. The van der Waals surface area contributed by atoms with Crippen LogP contribution in [0, 0.1) is 19.7 Å². The highest BCUT2D eigenvalue weighted by Gasteiger charge is 2.41. The maximum Gasteiger partial charge on any atom is 0.321 e. The van der Waals surface area contributed by atoms with E-state index in [9.17, 15) is 14.0 Å². The van der Waals surface area contributed by atoms with Crippen molar-refractivity contribution in [2.75, 3.05) is 32.1 Å². The van der Waals surface area contributed by atoms with Crippen LogP contribution in [0.1, 0.15) is 34.3 Å². The summed E-state index contributed by atoms with van der Waals surface area (Å²) in [7, 11) is 1.61. The van der Waals surface area contributed by atoms with E-state index in [4.69, 9.17) is 4.74 Å². The van der Waals surface area contributed by atoms with Gasteiger partial charge in [-0.3, -0.25) is 4.79 Å². The van der Waals surface area contributed by atoms with E-state index in [2.05, 4.69) is 10.6 Å². The Morgan fingerprint density at radius 1 is 1.17 bits per heavy atom. The van der Waals surface area contributed by atoms with E-state index in [1.807, 2.05) is 32.0 Å². The van der Waals surface area contributed by atoms with Gasteiger partial charge in [-0.2, -0.15) is 0 Å². The highest BCUT2D eigenvalue weighted by atomic mass is 19.1. The molecule has 3 amide bonds. The second-order valence-corrected chi connectivity index (χ2v) is 7.90. The number of urea groups is 1. The highest BCUT2D eigenvalue weighted by Crippen LogP contribution is 2.27. The largest absolute Gasteiger partial charge is 0.385 e. The summed E-state index contributed by atoms with van der Waals surface area (Å²) in [4.78, 5) is 27.3. The van der Waals surface area contributed by atoms with Crippen LogP contribution in [0.2, 0.25) is 0 Å². The maximum atomic E-state index is 13.2. The molecule has 1 heterocycles. The first-order chi connectivity index (χ1) is 14.3. The third-order valence-corrected chi connectivity index (χ3v) is 5.53. The zero-order chi connectivity index (χ0) is 21.7.